The zero-order valence-electron chi connectivity index (χ0n) is 17.9. The summed E-state index contributed by atoms with van der Waals surface area (Å²) in [5, 5.41) is 3.32. The number of piperidine rings is 1. The number of benzene rings is 2. The highest BCUT2D eigenvalue weighted by atomic mass is 16.5. The van der Waals surface area contributed by atoms with Crippen molar-refractivity contribution in [3.63, 3.8) is 0 Å². The number of nitrogens with one attached hydrogen (secondary N) is 1. The van der Waals surface area contributed by atoms with Gasteiger partial charge in [-0.1, -0.05) is 74.5 Å². The van der Waals surface area contributed by atoms with Crippen LogP contribution in [0.3, 0.4) is 0 Å². The number of ether oxygens (including phenoxy) is 1. The van der Waals surface area contributed by atoms with Crippen molar-refractivity contribution in [2.24, 2.45) is 5.92 Å². The van der Waals surface area contributed by atoms with Gasteiger partial charge >= 0.3 is 0 Å². The molecule has 3 rings (SSSR count). The molecule has 0 radical (unpaired) electrons. The lowest BCUT2D eigenvalue weighted by Crippen LogP contribution is -2.54. The first-order valence-corrected chi connectivity index (χ1v) is 10.8. The first-order chi connectivity index (χ1) is 14.1. The number of rotatable bonds is 8. The lowest BCUT2D eigenvalue weighted by atomic mass is 9.81. The molecule has 1 atom stereocenters. The van der Waals surface area contributed by atoms with Crippen molar-refractivity contribution in [1.82, 2.24) is 10.2 Å². The van der Waals surface area contributed by atoms with Crippen LogP contribution in [-0.4, -0.2) is 36.5 Å². The lowest BCUT2D eigenvalue weighted by molar-refractivity contribution is -0.157. The molecule has 0 saturated carbocycles. The number of carbonyl (C=O) groups is 1. The summed E-state index contributed by atoms with van der Waals surface area (Å²) in [7, 11) is 0. The number of hydrogen-bond donors (Lipinski definition) is 1. The van der Waals surface area contributed by atoms with Crippen LogP contribution in [-0.2, 0) is 21.7 Å². The van der Waals surface area contributed by atoms with E-state index < -0.39 is 5.60 Å². The zero-order valence-corrected chi connectivity index (χ0v) is 17.9. The van der Waals surface area contributed by atoms with Crippen molar-refractivity contribution in [2.45, 2.75) is 51.8 Å². The van der Waals surface area contributed by atoms with E-state index in [0.29, 0.717) is 6.61 Å². The van der Waals surface area contributed by atoms with Crippen LogP contribution in [0.2, 0.25) is 0 Å². The minimum absolute atomic E-state index is 0.0120. The molecule has 1 aliphatic rings. The molecule has 1 N–H and O–H groups in total. The van der Waals surface area contributed by atoms with Gasteiger partial charge in [0.05, 0.1) is 0 Å². The second-order valence-electron chi connectivity index (χ2n) is 8.20. The van der Waals surface area contributed by atoms with Gasteiger partial charge in [-0.25, -0.2) is 0 Å². The molecular formula is C25H34N2O2. The summed E-state index contributed by atoms with van der Waals surface area (Å²) in [5.74, 6) is 0.0186. The summed E-state index contributed by atoms with van der Waals surface area (Å²) >= 11 is 0. The summed E-state index contributed by atoms with van der Waals surface area (Å²) in [6.07, 6.45) is 1.93. The van der Waals surface area contributed by atoms with Gasteiger partial charge in [-0.2, -0.15) is 0 Å². The van der Waals surface area contributed by atoms with E-state index in [4.69, 9.17) is 4.74 Å². The van der Waals surface area contributed by atoms with Crippen molar-refractivity contribution in [2.75, 3.05) is 19.7 Å². The van der Waals surface area contributed by atoms with Gasteiger partial charge in [-0.05, 0) is 36.8 Å². The second kappa shape index (κ2) is 10.0. The fourth-order valence-corrected chi connectivity index (χ4v) is 4.33. The standard InChI is InChI=1S/C25H34N2O2/c1-4-29-25(20(2)3,22-13-9-6-10-14-22)24(28)26-23-15-17-27(18-16-23)19-21-11-7-5-8-12-21/h5-14,20,23H,4,15-19H2,1-3H3,(H,26,28). The SMILES string of the molecule is CCOC(C(=O)NC1CCN(Cc2ccccc2)CC1)(c1ccccc1)C(C)C. The number of hydrogen-bond acceptors (Lipinski definition) is 3. The quantitative estimate of drug-likeness (QED) is 0.723. The summed E-state index contributed by atoms with van der Waals surface area (Å²) in [5.41, 5.74) is 1.32. The van der Waals surface area contributed by atoms with Crippen LogP contribution in [0.1, 0.15) is 44.7 Å². The molecule has 1 heterocycles. The molecule has 1 unspecified atom stereocenters. The van der Waals surface area contributed by atoms with Crippen LogP contribution in [0.5, 0.6) is 0 Å². The number of likely N-dealkylation sites (tertiary alicyclic amines) is 1. The van der Waals surface area contributed by atoms with E-state index in [-0.39, 0.29) is 17.9 Å². The van der Waals surface area contributed by atoms with E-state index in [1.807, 2.05) is 37.3 Å². The van der Waals surface area contributed by atoms with Crippen LogP contribution >= 0.6 is 0 Å². The molecule has 0 spiro atoms. The minimum atomic E-state index is -0.947. The van der Waals surface area contributed by atoms with E-state index in [0.717, 1.165) is 38.0 Å². The van der Waals surface area contributed by atoms with E-state index in [9.17, 15) is 4.79 Å². The van der Waals surface area contributed by atoms with Gasteiger partial charge in [0.1, 0.15) is 0 Å². The average Bonchev–Trinajstić information content (AvgIpc) is 2.74. The Morgan fingerprint density at radius 2 is 1.66 bits per heavy atom. The highest BCUT2D eigenvalue weighted by Crippen LogP contribution is 2.34. The monoisotopic (exact) mass is 394 g/mol. The lowest BCUT2D eigenvalue weighted by Gasteiger charge is -2.39. The third-order valence-corrected chi connectivity index (χ3v) is 5.90. The van der Waals surface area contributed by atoms with Gasteiger partial charge in [0.25, 0.3) is 5.91 Å². The predicted molar refractivity (Wildman–Crippen MR) is 117 cm³/mol. The molecule has 0 aliphatic carbocycles. The van der Waals surface area contributed by atoms with Crippen molar-refractivity contribution in [3.8, 4) is 0 Å². The van der Waals surface area contributed by atoms with Crippen molar-refractivity contribution in [3.05, 3.63) is 71.8 Å². The molecule has 29 heavy (non-hydrogen) atoms. The van der Waals surface area contributed by atoms with Crippen molar-refractivity contribution < 1.29 is 9.53 Å². The summed E-state index contributed by atoms with van der Waals surface area (Å²) in [6, 6.07) is 20.7. The van der Waals surface area contributed by atoms with Crippen LogP contribution < -0.4 is 5.32 Å². The topological polar surface area (TPSA) is 41.6 Å². The Morgan fingerprint density at radius 3 is 2.21 bits per heavy atom. The Hall–Kier alpha value is -2.17. The molecular weight excluding hydrogens is 360 g/mol. The number of nitrogens with zero attached hydrogens (tertiary/aromatic N) is 1. The molecule has 156 valence electrons. The highest BCUT2D eigenvalue weighted by molar-refractivity contribution is 5.87. The Labute approximate surface area is 175 Å². The third-order valence-electron chi connectivity index (χ3n) is 5.90. The minimum Gasteiger partial charge on any atom is -0.360 e. The van der Waals surface area contributed by atoms with E-state index in [1.165, 1.54) is 5.56 Å². The predicted octanol–water partition coefficient (Wildman–Crippen LogP) is 4.36. The molecule has 1 amide bonds. The maximum Gasteiger partial charge on any atom is 0.257 e. The molecule has 0 bridgehead atoms. The largest absolute Gasteiger partial charge is 0.360 e. The van der Waals surface area contributed by atoms with Crippen LogP contribution in [0.15, 0.2) is 60.7 Å². The normalized spacial score (nSPS) is 17.8. The third kappa shape index (κ3) is 5.06. The fourth-order valence-electron chi connectivity index (χ4n) is 4.33. The molecule has 2 aromatic carbocycles. The Balaban J connectivity index is 1.65. The fraction of sp³-hybridized carbons (Fsp3) is 0.480. The Bertz CT molecular complexity index is 755. The van der Waals surface area contributed by atoms with Gasteiger partial charge in [0, 0.05) is 32.3 Å². The van der Waals surface area contributed by atoms with Crippen molar-refractivity contribution in [1.29, 1.82) is 0 Å². The smallest absolute Gasteiger partial charge is 0.257 e. The second-order valence-corrected chi connectivity index (χ2v) is 8.20. The molecule has 4 heteroatoms. The molecule has 1 saturated heterocycles. The summed E-state index contributed by atoms with van der Waals surface area (Å²) < 4.78 is 6.16. The van der Waals surface area contributed by atoms with Crippen LogP contribution in [0.25, 0.3) is 0 Å². The van der Waals surface area contributed by atoms with Crippen molar-refractivity contribution >= 4 is 5.91 Å². The molecule has 0 aromatic heterocycles. The first kappa shape index (κ1) is 21.5. The Morgan fingerprint density at radius 1 is 1.07 bits per heavy atom. The van der Waals surface area contributed by atoms with Crippen LogP contribution in [0, 0.1) is 5.92 Å². The first-order valence-electron chi connectivity index (χ1n) is 10.8. The highest BCUT2D eigenvalue weighted by Gasteiger charge is 2.45. The van der Waals surface area contributed by atoms with Crippen LogP contribution in [0.4, 0.5) is 0 Å². The molecule has 4 nitrogen and oxygen atoms in total. The molecule has 1 fully saturated rings. The maximum atomic E-state index is 13.5. The van der Waals surface area contributed by atoms with E-state index in [1.54, 1.807) is 0 Å². The Kier molecular flexibility index (Phi) is 7.45. The zero-order chi connectivity index (χ0) is 20.7. The number of amides is 1. The van der Waals surface area contributed by atoms with Gasteiger partial charge in [0.2, 0.25) is 0 Å². The van der Waals surface area contributed by atoms with Gasteiger partial charge in [-0.3, -0.25) is 9.69 Å². The average molecular weight is 395 g/mol. The molecule has 1 aliphatic heterocycles. The maximum absolute atomic E-state index is 13.5. The van der Waals surface area contributed by atoms with Gasteiger partial charge in [-0.15, -0.1) is 0 Å². The van der Waals surface area contributed by atoms with Gasteiger partial charge < -0.3 is 10.1 Å². The molecule has 2 aromatic rings. The van der Waals surface area contributed by atoms with E-state index in [2.05, 4.69) is 54.4 Å². The summed E-state index contributed by atoms with van der Waals surface area (Å²) in [4.78, 5) is 16.0. The van der Waals surface area contributed by atoms with Gasteiger partial charge in [0.15, 0.2) is 5.60 Å². The summed E-state index contributed by atoms with van der Waals surface area (Å²) in [6.45, 7) is 9.53. The van der Waals surface area contributed by atoms with E-state index >= 15 is 0 Å². The number of carbonyl (C=O) groups excluding carboxylic acids is 1.